The van der Waals surface area contributed by atoms with Crippen LogP contribution in [0.5, 0.6) is 23.0 Å². The normalized spacial score (nSPS) is 14.1. The van der Waals surface area contributed by atoms with Crippen molar-refractivity contribution in [3.8, 4) is 23.0 Å². The van der Waals surface area contributed by atoms with Gasteiger partial charge in [0.15, 0.2) is 13.2 Å². The van der Waals surface area contributed by atoms with Crippen LogP contribution >= 0.6 is 0 Å². The molecule has 0 spiro atoms. The van der Waals surface area contributed by atoms with E-state index in [2.05, 4.69) is 130 Å². The van der Waals surface area contributed by atoms with Gasteiger partial charge >= 0.3 is 0 Å². The number of nitrogens with one attached hydrogen (secondary N) is 2. The van der Waals surface area contributed by atoms with Crippen molar-refractivity contribution in [2.24, 2.45) is 20.5 Å². The van der Waals surface area contributed by atoms with Crippen LogP contribution in [0.15, 0.2) is 239 Å². The Hall–Kier alpha value is -12.9. The minimum atomic E-state index is -0.475. The fourth-order valence-electron chi connectivity index (χ4n) is 14.9. The quantitative estimate of drug-likeness (QED) is 0.0394. The Morgan fingerprint density at radius 1 is 0.345 bits per heavy atom. The van der Waals surface area contributed by atoms with Gasteiger partial charge in [0.2, 0.25) is 0 Å². The Morgan fingerprint density at radius 3 is 0.991 bits per heavy atom. The number of fused-ring (bicyclic) bond motifs is 2. The maximum atomic E-state index is 14.6. The number of non-ortho nitro benzene ring substituents is 2. The number of ether oxygens (including phenoxy) is 8. The van der Waals surface area contributed by atoms with Gasteiger partial charge in [0.05, 0.1) is 85.5 Å². The van der Waals surface area contributed by atoms with Crippen LogP contribution in [0.1, 0.15) is 55.6 Å². The van der Waals surface area contributed by atoms with Crippen LogP contribution in [0.4, 0.5) is 34.1 Å². The predicted molar refractivity (Wildman–Crippen MR) is 421 cm³/mol. The standard InChI is InChI=1S/C88H74N8O14/c97-79(89-51-65-19-17-59-15-13-55-5-1-7-57-21-31-77(65)83(59)81(55)57)53-109-87-67-43-61-9-3-11-63-45-69-49-74(94-92-72-25-29-76(30-26-72)96(101)102)50-70(88(69)110-54-80(98)90-52-66-20-18-60-16-14-56-6-2-8-58-22-32-78(66)84(60)82(56)58)46-64-12-4-10-62(44-68(87)48-73(47-67)93-91-71-23-27-75(28-24-71)95(99)100)86(64)108-42-40-106-38-36-104-34-33-103-35-37-105-39-41-107-85(61)63/h1-32,47-50H,33-46,51-54H2,(H,89,97)(H,90,98). The molecule has 22 nitrogen and oxygen atoms in total. The van der Waals surface area contributed by atoms with Gasteiger partial charge in [0.1, 0.15) is 36.2 Å². The van der Waals surface area contributed by atoms with Gasteiger partial charge in [0.25, 0.3) is 23.2 Å². The minimum absolute atomic E-state index is 0.0965. The van der Waals surface area contributed by atoms with Crippen molar-refractivity contribution in [2.75, 3.05) is 79.3 Å². The zero-order valence-corrected chi connectivity index (χ0v) is 59.9. The van der Waals surface area contributed by atoms with E-state index < -0.39 is 9.85 Å². The van der Waals surface area contributed by atoms with Crippen LogP contribution in [0.3, 0.4) is 0 Å². The lowest BCUT2D eigenvalue weighted by molar-refractivity contribution is -0.385. The molecule has 2 amide bonds. The number of amides is 2. The highest BCUT2D eigenvalue weighted by Gasteiger charge is 2.26. The topological polar surface area (TPSA) is 268 Å². The Balaban J connectivity index is 0.813. The molecule has 2 N–H and O–H groups in total. The number of hydrogen-bond acceptors (Lipinski definition) is 18. The number of nitro groups is 2. The highest BCUT2D eigenvalue weighted by atomic mass is 16.6. The maximum Gasteiger partial charge on any atom is 0.269 e. The van der Waals surface area contributed by atoms with Crippen molar-refractivity contribution in [1.29, 1.82) is 0 Å². The number of rotatable bonds is 16. The molecule has 0 fully saturated rings. The van der Waals surface area contributed by atoms with Gasteiger partial charge in [0, 0.05) is 85.3 Å². The van der Waals surface area contributed by atoms with Crippen LogP contribution in [-0.2, 0) is 67.3 Å². The molecule has 1 heterocycles. The number of nitro benzene ring substituents is 2. The highest BCUT2D eigenvalue weighted by Crippen LogP contribution is 2.44. The van der Waals surface area contributed by atoms with Gasteiger partial charge in [-0.15, -0.1) is 0 Å². The summed E-state index contributed by atoms with van der Waals surface area (Å²) >= 11 is 0. The van der Waals surface area contributed by atoms with E-state index >= 15 is 0 Å². The number of nitrogens with zero attached hydrogens (tertiary/aromatic N) is 6. The summed E-state index contributed by atoms with van der Waals surface area (Å²) in [7, 11) is 0. The summed E-state index contributed by atoms with van der Waals surface area (Å²) in [6.07, 6.45) is 0.550. The zero-order valence-electron chi connectivity index (χ0n) is 59.9. The molecule has 550 valence electrons. The summed E-state index contributed by atoms with van der Waals surface area (Å²) in [6.45, 7) is 2.11. The van der Waals surface area contributed by atoms with Gasteiger partial charge < -0.3 is 48.5 Å². The first-order valence-electron chi connectivity index (χ1n) is 36.5. The molecule has 1 aliphatic carbocycles. The summed E-state index contributed by atoms with van der Waals surface area (Å²) in [6, 6.07) is 68.6. The molecule has 0 atom stereocenters. The molecular formula is C88H74N8O14. The second kappa shape index (κ2) is 32.7. The SMILES string of the molecule is O=C(COc1c2cc(N=Nc3ccc([N+](=O)[O-])cc3)cc1Cc1cccc3c1OCCOCCOCCOCCOCCOc1c(cccc1Cc1cc(N=Nc4ccc([N+](=O)[O-])cc4)cc(c1OCC(=O)NCc1ccc4ccc5cccc6ccc1c4c56)C3)C2)NCc1ccc2ccc3cccc4ccc1c2c34. The molecule has 110 heavy (non-hydrogen) atoms. The Kier molecular flexibility index (Phi) is 21.2. The van der Waals surface area contributed by atoms with Gasteiger partial charge in [-0.05, 0) is 147 Å². The predicted octanol–water partition coefficient (Wildman–Crippen LogP) is 18.0. The maximum absolute atomic E-state index is 14.6. The summed E-state index contributed by atoms with van der Waals surface area (Å²) < 4.78 is 51.9. The van der Waals surface area contributed by atoms with Gasteiger partial charge in [-0.1, -0.05) is 146 Å². The number of carbonyl (C=O) groups excluding carboxylic acids is 2. The number of azo groups is 2. The van der Waals surface area contributed by atoms with E-state index in [0.29, 0.717) is 117 Å². The number of hydrogen-bond donors (Lipinski definition) is 2. The molecule has 0 saturated heterocycles. The van der Waals surface area contributed by atoms with Crippen LogP contribution in [0.2, 0.25) is 0 Å². The first kappa shape index (κ1) is 71.4. The van der Waals surface area contributed by atoms with Crippen LogP contribution < -0.4 is 29.6 Å². The van der Waals surface area contributed by atoms with Gasteiger partial charge in [-0.25, -0.2) is 0 Å². The molecule has 16 rings (SSSR count). The van der Waals surface area contributed by atoms with Gasteiger partial charge in [-0.3, -0.25) is 29.8 Å². The van der Waals surface area contributed by atoms with Crippen molar-refractivity contribution >= 4 is 111 Å². The molecule has 0 unspecified atom stereocenters. The van der Waals surface area contributed by atoms with Crippen molar-refractivity contribution in [2.45, 2.75) is 38.8 Å². The summed E-state index contributed by atoms with van der Waals surface area (Å²) in [5.74, 6) is 1.06. The first-order valence-corrected chi connectivity index (χ1v) is 36.5. The monoisotopic (exact) mass is 1470 g/mol. The molecular weight excluding hydrogens is 1390 g/mol. The van der Waals surface area contributed by atoms with Crippen molar-refractivity contribution in [3.05, 3.63) is 294 Å². The van der Waals surface area contributed by atoms with E-state index in [1.54, 1.807) is 0 Å². The lowest BCUT2D eigenvalue weighted by Crippen LogP contribution is -2.29. The van der Waals surface area contributed by atoms with Crippen LogP contribution in [0.25, 0.3) is 64.6 Å². The molecule has 14 aromatic rings. The van der Waals surface area contributed by atoms with Crippen molar-refractivity contribution < 1.29 is 57.3 Å². The van der Waals surface area contributed by atoms with E-state index in [0.717, 1.165) is 65.0 Å². The average molecular weight is 1470 g/mol. The third kappa shape index (κ3) is 15.9. The van der Waals surface area contributed by atoms with Crippen LogP contribution in [0, 0.1) is 20.2 Å². The second-order valence-electron chi connectivity index (χ2n) is 27.1. The molecule has 0 aromatic heterocycles. The third-order valence-electron chi connectivity index (χ3n) is 20.0. The van der Waals surface area contributed by atoms with E-state index in [1.165, 1.54) is 59.3 Å². The number of carbonyl (C=O) groups is 2. The molecule has 10 bridgehead atoms. The Labute approximate surface area is 631 Å². The molecule has 0 radical (unpaired) electrons. The highest BCUT2D eigenvalue weighted by molar-refractivity contribution is 6.24. The number of para-hydroxylation sites is 2. The molecule has 22 heteroatoms. The Morgan fingerprint density at radius 2 is 0.645 bits per heavy atom. The number of benzene rings is 14. The summed E-state index contributed by atoms with van der Waals surface area (Å²) in [5.41, 5.74) is 8.50. The van der Waals surface area contributed by atoms with Crippen LogP contribution in [-0.4, -0.2) is 101 Å². The smallest absolute Gasteiger partial charge is 0.269 e. The fraction of sp³-hybridized carbons (Fsp3) is 0.205. The van der Waals surface area contributed by atoms with Crippen molar-refractivity contribution in [3.63, 3.8) is 0 Å². The lowest BCUT2D eigenvalue weighted by Gasteiger charge is -2.23. The minimum Gasteiger partial charge on any atom is -0.491 e. The van der Waals surface area contributed by atoms with Gasteiger partial charge in [-0.2, -0.15) is 20.5 Å². The largest absolute Gasteiger partial charge is 0.491 e. The van der Waals surface area contributed by atoms with E-state index in [4.69, 9.17) is 48.1 Å². The molecule has 2 aliphatic rings. The molecule has 14 aromatic carbocycles. The molecule has 1 aliphatic heterocycles. The average Bonchev–Trinajstić information content (AvgIpc) is 0.746. The first-order chi connectivity index (χ1) is 54.0. The van der Waals surface area contributed by atoms with E-state index in [9.17, 15) is 29.8 Å². The van der Waals surface area contributed by atoms with Crippen molar-refractivity contribution in [1.82, 2.24) is 10.6 Å². The fourth-order valence-corrected chi connectivity index (χ4v) is 14.9. The molecule has 0 saturated carbocycles. The van der Waals surface area contributed by atoms with E-state index in [1.807, 2.05) is 60.7 Å². The van der Waals surface area contributed by atoms with E-state index in [-0.39, 0.29) is 115 Å². The Bertz CT molecular complexity index is 5370. The second-order valence-corrected chi connectivity index (χ2v) is 27.1. The summed E-state index contributed by atoms with van der Waals surface area (Å²) in [4.78, 5) is 51.8. The lowest BCUT2D eigenvalue weighted by atomic mass is 9.90. The summed E-state index contributed by atoms with van der Waals surface area (Å²) in [5, 5.41) is 62.1. The third-order valence-corrected chi connectivity index (χ3v) is 20.0. The zero-order chi connectivity index (χ0) is 74.9.